The van der Waals surface area contributed by atoms with Crippen molar-refractivity contribution in [2.75, 3.05) is 0 Å². The van der Waals surface area contributed by atoms with Crippen molar-refractivity contribution < 1.29 is 0 Å². The first kappa shape index (κ1) is 12.3. The Morgan fingerprint density at radius 2 is 1.42 bits per heavy atom. The lowest BCUT2D eigenvalue weighted by atomic mass is 10.2. The monoisotopic (exact) mass is 268 g/mol. The standard InChI is InChI=1S/C7H5BrCl2.C2H6/c1-4-2-5(9)7(8)6(10)3-4;1-2/h2-3H,1H3;1-2H3. The summed E-state index contributed by atoms with van der Waals surface area (Å²) in [6, 6.07) is 3.72. The van der Waals surface area contributed by atoms with Crippen molar-refractivity contribution in [3.63, 3.8) is 0 Å². The second kappa shape index (κ2) is 5.85. The van der Waals surface area contributed by atoms with Gasteiger partial charge in [0.05, 0.1) is 14.5 Å². The van der Waals surface area contributed by atoms with Crippen molar-refractivity contribution in [3.8, 4) is 0 Å². The highest BCUT2D eigenvalue weighted by atomic mass is 79.9. The van der Waals surface area contributed by atoms with Crippen LogP contribution < -0.4 is 0 Å². The van der Waals surface area contributed by atoms with Crippen LogP contribution in [0.15, 0.2) is 16.6 Å². The van der Waals surface area contributed by atoms with Gasteiger partial charge in [0, 0.05) is 0 Å². The Hall–Kier alpha value is 0.280. The third-order valence-electron chi connectivity index (χ3n) is 1.13. The molecule has 0 fully saturated rings. The summed E-state index contributed by atoms with van der Waals surface area (Å²) in [6.07, 6.45) is 0. The van der Waals surface area contributed by atoms with Gasteiger partial charge in [0.1, 0.15) is 0 Å². The summed E-state index contributed by atoms with van der Waals surface area (Å²) >= 11 is 14.8. The van der Waals surface area contributed by atoms with Gasteiger partial charge in [0.15, 0.2) is 0 Å². The Kier molecular flexibility index (Phi) is 5.98. The summed E-state index contributed by atoms with van der Waals surface area (Å²) in [5, 5.41) is 1.31. The maximum atomic E-state index is 5.79. The maximum Gasteiger partial charge on any atom is 0.0565 e. The highest BCUT2D eigenvalue weighted by Gasteiger charge is 2.01. The summed E-state index contributed by atoms with van der Waals surface area (Å²) in [6.45, 7) is 5.95. The zero-order valence-corrected chi connectivity index (χ0v) is 10.4. The molecule has 0 nitrogen and oxygen atoms in total. The van der Waals surface area contributed by atoms with Crippen LogP contribution in [-0.2, 0) is 0 Å². The Morgan fingerprint density at radius 1 is 1.08 bits per heavy atom. The maximum absolute atomic E-state index is 5.79. The molecule has 0 aliphatic heterocycles. The molecule has 0 aromatic heterocycles. The van der Waals surface area contributed by atoms with Crippen LogP contribution in [0.1, 0.15) is 19.4 Å². The molecule has 0 amide bonds. The molecule has 0 bridgehead atoms. The fourth-order valence-corrected chi connectivity index (χ4v) is 1.51. The molecule has 0 saturated heterocycles. The lowest BCUT2D eigenvalue weighted by molar-refractivity contribution is 1.46. The summed E-state index contributed by atoms with van der Waals surface area (Å²) in [4.78, 5) is 0. The number of hydrogen-bond donors (Lipinski definition) is 0. The second-order valence-corrected chi connectivity index (χ2v) is 3.65. The first-order valence-electron chi connectivity index (χ1n) is 3.72. The van der Waals surface area contributed by atoms with Crippen LogP contribution in [0.3, 0.4) is 0 Å². The van der Waals surface area contributed by atoms with Gasteiger partial charge >= 0.3 is 0 Å². The van der Waals surface area contributed by atoms with E-state index in [1.54, 1.807) is 0 Å². The van der Waals surface area contributed by atoms with Crippen molar-refractivity contribution >= 4 is 39.1 Å². The van der Waals surface area contributed by atoms with Gasteiger partial charge in [-0.2, -0.15) is 0 Å². The normalized spacial score (nSPS) is 8.83. The largest absolute Gasteiger partial charge is 0.0830 e. The highest BCUT2D eigenvalue weighted by Crippen LogP contribution is 2.30. The fraction of sp³-hybridized carbons (Fsp3) is 0.333. The second-order valence-electron chi connectivity index (χ2n) is 2.04. The van der Waals surface area contributed by atoms with Crippen molar-refractivity contribution in [2.45, 2.75) is 20.8 Å². The van der Waals surface area contributed by atoms with Gasteiger partial charge in [-0.05, 0) is 40.5 Å². The fourth-order valence-electron chi connectivity index (χ4n) is 0.682. The SMILES string of the molecule is CC.Cc1cc(Cl)c(Br)c(Cl)c1. The van der Waals surface area contributed by atoms with E-state index >= 15 is 0 Å². The zero-order valence-electron chi connectivity index (χ0n) is 7.29. The summed E-state index contributed by atoms with van der Waals surface area (Å²) in [5.74, 6) is 0. The van der Waals surface area contributed by atoms with Crippen LogP contribution in [0.2, 0.25) is 10.0 Å². The molecule has 68 valence electrons. The molecule has 0 aliphatic carbocycles. The molecule has 3 heteroatoms. The van der Waals surface area contributed by atoms with Crippen LogP contribution in [0.5, 0.6) is 0 Å². The van der Waals surface area contributed by atoms with Crippen LogP contribution >= 0.6 is 39.1 Å². The van der Waals surface area contributed by atoms with Gasteiger partial charge in [0.25, 0.3) is 0 Å². The average molecular weight is 270 g/mol. The smallest absolute Gasteiger partial charge is 0.0565 e. The van der Waals surface area contributed by atoms with E-state index in [0.29, 0.717) is 10.0 Å². The lowest BCUT2D eigenvalue weighted by Crippen LogP contribution is -1.75. The first-order valence-corrected chi connectivity index (χ1v) is 5.27. The van der Waals surface area contributed by atoms with Gasteiger partial charge in [-0.15, -0.1) is 0 Å². The van der Waals surface area contributed by atoms with Gasteiger partial charge in [-0.1, -0.05) is 37.0 Å². The third-order valence-corrected chi connectivity index (χ3v) is 3.04. The molecule has 0 unspecified atom stereocenters. The van der Waals surface area contributed by atoms with Gasteiger partial charge in [0.2, 0.25) is 0 Å². The summed E-state index contributed by atoms with van der Waals surface area (Å²) in [5.41, 5.74) is 1.07. The molecule has 0 radical (unpaired) electrons. The van der Waals surface area contributed by atoms with Crippen molar-refractivity contribution in [2.24, 2.45) is 0 Å². The van der Waals surface area contributed by atoms with Crippen LogP contribution in [0, 0.1) is 6.92 Å². The molecular weight excluding hydrogens is 259 g/mol. The lowest BCUT2D eigenvalue weighted by Gasteiger charge is -1.99. The molecule has 12 heavy (non-hydrogen) atoms. The molecule has 1 aromatic rings. The van der Waals surface area contributed by atoms with E-state index in [2.05, 4.69) is 15.9 Å². The predicted octanol–water partition coefficient (Wildman–Crippen LogP) is 5.09. The zero-order chi connectivity index (χ0) is 9.72. The predicted molar refractivity (Wildman–Crippen MR) is 60.2 cm³/mol. The number of aryl methyl sites for hydroxylation is 1. The van der Waals surface area contributed by atoms with E-state index in [1.807, 2.05) is 32.9 Å². The number of benzene rings is 1. The van der Waals surface area contributed by atoms with E-state index in [-0.39, 0.29) is 0 Å². The van der Waals surface area contributed by atoms with E-state index in [0.717, 1.165) is 10.0 Å². The van der Waals surface area contributed by atoms with Crippen molar-refractivity contribution in [1.82, 2.24) is 0 Å². The summed E-state index contributed by atoms with van der Waals surface area (Å²) < 4.78 is 0.765. The van der Waals surface area contributed by atoms with E-state index < -0.39 is 0 Å². The van der Waals surface area contributed by atoms with Crippen molar-refractivity contribution in [1.29, 1.82) is 0 Å². The number of rotatable bonds is 0. The van der Waals surface area contributed by atoms with Gasteiger partial charge in [-0.25, -0.2) is 0 Å². The average Bonchev–Trinajstić information content (AvgIpc) is 2.04. The third kappa shape index (κ3) is 3.34. The van der Waals surface area contributed by atoms with Crippen LogP contribution in [0.25, 0.3) is 0 Å². The topological polar surface area (TPSA) is 0 Å². The van der Waals surface area contributed by atoms with Crippen LogP contribution in [0.4, 0.5) is 0 Å². The van der Waals surface area contributed by atoms with E-state index in [1.165, 1.54) is 0 Å². The highest BCUT2D eigenvalue weighted by molar-refractivity contribution is 9.10. The number of hydrogen-bond acceptors (Lipinski definition) is 0. The van der Waals surface area contributed by atoms with Crippen molar-refractivity contribution in [3.05, 3.63) is 32.2 Å². The van der Waals surface area contributed by atoms with Gasteiger partial charge < -0.3 is 0 Å². The Balaban J connectivity index is 0.000000561. The van der Waals surface area contributed by atoms with Crippen LogP contribution in [-0.4, -0.2) is 0 Å². The molecule has 0 heterocycles. The Bertz CT molecular complexity index is 236. The molecule has 0 N–H and O–H groups in total. The number of halogens is 3. The minimum atomic E-state index is 0.657. The van der Waals surface area contributed by atoms with Gasteiger partial charge in [-0.3, -0.25) is 0 Å². The minimum Gasteiger partial charge on any atom is -0.0830 e. The summed E-state index contributed by atoms with van der Waals surface area (Å²) in [7, 11) is 0. The quantitative estimate of drug-likeness (QED) is 0.576. The molecule has 1 aromatic carbocycles. The molecule has 0 spiro atoms. The van der Waals surface area contributed by atoms with E-state index in [4.69, 9.17) is 23.2 Å². The molecule has 1 rings (SSSR count). The minimum absolute atomic E-state index is 0.657. The molecule has 0 saturated carbocycles. The Labute approximate surface area is 92.0 Å². The molecule has 0 atom stereocenters. The molecular formula is C9H11BrCl2. The Morgan fingerprint density at radius 3 is 1.75 bits per heavy atom. The molecule has 0 aliphatic rings. The van der Waals surface area contributed by atoms with E-state index in [9.17, 15) is 0 Å². The first-order chi connectivity index (χ1) is 5.61.